The summed E-state index contributed by atoms with van der Waals surface area (Å²) in [5.41, 5.74) is 6.88. The van der Waals surface area contributed by atoms with E-state index in [1.165, 1.54) is 22.8 Å². The van der Waals surface area contributed by atoms with E-state index >= 15 is 0 Å². The number of fused-ring (bicyclic) bond motifs is 1. The highest BCUT2D eigenvalue weighted by Crippen LogP contribution is 2.34. The van der Waals surface area contributed by atoms with Crippen LogP contribution in [0.3, 0.4) is 0 Å². The number of thiazole rings is 1. The first-order valence-electron chi connectivity index (χ1n) is 8.82. The number of hydrogen-bond donors (Lipinski definition) is 2. The SMILES string of the molecule is Cc1sc(C(=O)NC2C(N)CCCC2(F)F)nc1-c1cnn2cccc(F)c12. The molecule has 0 spiro atoms. The number of nitrogens with two attached hydrogens (primary N) is 1. The van der Waals surface area contributed by atoms with Crippen LogP contribution in [0.1, 0.15) is 33.9 Å². The van der Waals surface area contributed by atoms with E-state index in [2.05, 4.69) is 15.4 Å². The van der Waals surface area contributed by atoms with Crippen LogP contribution in [0.5, 0.6) is 0 Å². The van der Waals surface area contributed by atoms with E-state index in [4.69, 9.17) is 5.73 Å². The van der Waals surface area contributed by atoms with Gasteiger partial charge in [-0.3, -0.25) is 4.79 Å². The highest BCUT2D eigenvalue weighted by molar-refractivity contribution is 7.14. The Morgan fingerprint density at radius 2 is 2.25 bits per heavy atom. The van der Waals surface area contributed by atoms with Gasteiger partial charge in [-0.05, 0) is 31.9 Å². The van der Waals surface area contributed by atoms with Gasteiger partial charge in [0.25, 0.3) is 11.8 Å². The number of nitrogens with zero attached hydrogens (tertiary/aromatic N) is 3. The number of rotatable bonds is 3. The number of alkyl halides is 2. The van der Waals surface area contributed by atoms with Crippen LogP contribution in [0.25, 0.3) is 16.8 Å². The standard InChI is InChI=1S/C18H18F3N5OS/c1-9-13(10-8-23-26-7-3-4-11(19)14(10)26)24-17(28-9)16(27)25-15-12(22)5-2-6-18(15,20)21/h3-4,7-8,12,15H,2,5-6,22H2,1H3,(H,25,27). The molecule has 1 saturated carbocycles. The second-order valence-electron chi connectivity index (χ2n) is 6.90. The minimum absolute atomic E-state index is 0.0248. The number of carbonyl (C=O) groups excluding carboxylic acids is 1. The maximum Gasteiger partial charge on any atom is 0.280 e. The van der Waals surface area contributed by atoms with Crippen molar-refractivity contribution in [3.63, 3.8) is 0 Å². The molecule has 6 nitrogen and oxygen atoms in total. The molecule has 2 unspecified atom stereocenters. The minimum Gasteiger partial charge on any atom is -0.340 e. The molecule has 1 fully saturated rings. The lowest BCUT2D eigenvalue weighted by Crippen LogP contribution is -2.59. The summed E-state index contributed by atoms with van der Waals surface area (Å²) in [6.45, 7) is 1.73. The van der Waals surface area contributed by atoms with Crippen molar-refractivity contribution in [1.82, 2.24) is 19.9 Å². The predicted octanol–water partition coefficient (Wildman–Crippen LogP) is 3.15. The number of pyridine rings is 1. The van der Waals surface area contributed by atoms with E-state index < -0.39 is 29.7 Å². The van der Waals surface area contributed by atoms with Crippen molar-refractivity contribution in [3.05, 3.63) is 40.2 Å². The van der Waals surface area contributed by atoms with Crippen LogP contribution in [0.2, 0.25) is 0 Å². The molecule has 0 aliphatic heterocycles. The lowest BCUT2D eigenvalue weighted by Gasteiger charge is -2.36. The number of amides is 1. The van der Waals surface area contributed by atoms with Gasteiger partial charge in [-0.15, -0.1) is 11.3 Å². The summed E-state index contributed by atoms with van der Waals surface area (Å²) in [6.07, 6.45) is 3.50. The van der Waals surface area contributed by atoms with Crippen LogP contribution >= 0.6 is 11.3 Å². The van der Waals surface area contributed by atoms with Gasteiger partial charge in [-0.2, -0.15) is 5.10 Å². The average Bonchev–Trinajstić information content (AvgIpc) is 3.22. The van der Waals surface area contributed by atoms with Gasteiger partial charge < -0.3 is 11.1 Å². The van der Waals surface area contributed by atoms with Gasteiger partial charge in [0.2, 0.25) is 0 Å². The van der Waals surface area contributed by atoms with Gasteiger partial charge in [0, 0.05) is 23.5 Å². The molecular weight excluding hydrogens is 391 g/mol. The van der Waals surface area contributed by atoms with E-state index in [1.54, 1.807) is 13.1 Å². The third-order valence-electron chi connectivity index (χ3n) is 4.95. The smallest absolute Gasteiger partial charge is 0.280 e. The van der Waals surface area contributed by atoms with Crippen LogP contribution in [-0.2, 0) is 0 Å². The summed E-state index contributed by atoms with van der Waals surface area (Å²) in [7, 11) is 0. The molecule has 1 amide bonds. The maximum absolute atomic E-state index is 14.2. The summed E-state index contributed by atoms with van der Waals surface area (Å²) >= 11 is 1.06. The zero-order valence-corrected chi connectivity index (χ0v) is 15.8. The predicted molar refractivity (Wildman–Crippen MR) is 99.0 cm³/mol. The van der Waals surface area contributed by atoms with Crippen molar-refractivity contribution in [3.8, 4) is 11.3 Å². The third-order valence-corrected chi connectivity index (χ3v) is 5.92. The van der Waals surface area contributed by atoms with Crippen LogP contribution in [-0.4, -0.2) is 38.5 Å². The molecule has 1 aliphatic carbocycles. The van der Waals surface area contributed by atoms with Crippen molar-refractivity contribution >= 4 is 22.8 Å². The lowest BCUT2D eigenvalue weighted by molar-refractivity contribution is -0.0674. The Bertz CT molecular complexity index is 1050. The molecule has 0 bridgehead atoms. The minimum atomic E-state index is -3.06. The van der Waals surface area contributed by atoms with Crippen molar-refractivity contribution in [2.24, 2.45) is 5.73 Å². The Kier molecular flexibility index (Phi) is 4.62. The first-order valence-corrected chi connectivity index (χ1v) is 9.63. The highest BCUT2D eigenvalue weighted by Gasteiger charge is 2.46. The maximum atomic E-state index is 14.2. The molecule has 3 aromatic rings. The summed E-state index contributed by atoms with van der Waals surface area (Å²) in [6, 6.07) is 0.583. The van der Waals surface area contributed by atoms with Crippen molar-refractivity contribution in [2.75, 3.05) is 0 Å². The number of aromatic nitrogens is 3. The topological polar surface area (TPSA) is 85.3 Å². The van der Waals surface area contributed by atoms with Crippen molar-refractivity contribution < 1.29 is 18.0 Å². The van der Waals surface area contributed by atoms with E-state index in [9.17, 15) is 18.0 Å². The quantitative estimate of drug-likeness (QED) is 0.696. The molecule has 10 heteroatoms. The van der Waals surface area contributed by atoms with Crippen molar-refractivity contribution in [2.45, 2.75) is 44.2 Å². The Morgan fingerprint density at radius 1 is 1.46 bits per heavy atom. The second-order valence-corrected chi connectivity index (χ2v) is 8.10. The largest absolute Gasteiger partial charge is 0.340 e. The van der Waals surface area contributed by atoms with Crippen molar-refractivity contribution in [1.29, 1.82) is 0 Å². The summed E-state index contributed by atoms with van der Waals surface area (Å²) in [5.74, 6) is -4.24. The molecule has 3 heterocycles. The fourth-order valence-corrected chi connectivity index (χ4v) is 4.37. The van der Waals surface area contributed by atoms with Crippen LogP contribution in [0.4, 0.5) is 13.2 Å². The summed E-state index contributed by atoms with van der Waals surface area (Å²) in [4.78, 5) is 17.5. The summed E-state index contributed by atoms with van der Waals surface area (Å²) < 4.78 is 43.9. The Hall–Kier alpha value is -2.46. The van der Waals surface area contributed by atoms with Gasteiger partial charge in [-0.25, -0.2) is 22.7 Å². The molecule has 28 heavy (non-hydrogen) atoms. The number of halogens is 3. The van der Waals surface area contributed by atoms with Gasteiger partial charge in [-0.1, -0.05) is 0 Å². The number of aryl methyl sites for hydroxylation is 1. The van der Waals surface area contributed by atoms with Crippen LogP contribution in [0.15, 0.2) is 24.5 Å². The zero-order chi connectivity index (χ0) is 20.1. The van der Waals surface area contributed by atoms with Gasteiger partial charge >= 0.3 is 0 Å². The van der Waals surface area contributed by atoms with Gasteiger partial charge in [0.1, 0.15) is 17.4 Å². The molecule has 3 aromatic heterocycles. The number of carbonyl (C=O) groups is 1. The third kappa shape index (κ3) is 3.16. The molecule has 0 saturated heterocycles. The van der Waals surface area contributed by atoms with E-state index in [-0.39, 0.29) is 16.9 Å². The number of nitrogens with one attached hydrogen (secondary N) is 1. The normalized spacial score (nSPS) is 21.8. The van der Waals surface area contributed by atoms with Gasteiger partial charge in [0.05, 0.1) is 17.5 Å². The molecule has 2 atom stereocenters. The Morgan fingerprint density at radius 3 is 3.00 bits per heavy atom. The van der Waals surface area contributed by atoms with Gasteiger partial charge in [0.15, 0.2) is 5.01 Å². The fourth-order valence-electron chi connectivity index (χ4n) is 3.54. The Labute approximate surface area is 162 Å². The summed E-state index contributed by atoms with van der Waals surface area (Å²) in [5, 5.41) is 6.47. The highest BCUT2D eigenvalue weighted by atomic mass is 32.1. The zero-order valence-electron chi connectivity index (χ0n) is 15.0. The molecule has 0 radical (unpaired) electrons. The molecule has 1 aliphatic rings. The monoisotopic (exact) mass is 409 g/mol. The van der Waals surface area contributed by atoms with Crippen LogP contribution in [0, 0.1) is 12.7 Å². The van der Waals surface area contributed by atoms with E-state index in [1.807, 2.05) is 0 Å². The number of hydrogen-bond acceptors (Lipinski definition) is 5. The fraction of sp³-hybridized carbons (Fsp3) is 0.389. The molecular formula is C18H18F3N5OS. The molecule has 4 rings (SSSR count). The van der Waals surface area contributed by atoms with E-state index in [0.29, 0.717) is 29.0 Å². The van der Waals surface area contributed by atoms with Crippen LogP contribution < -0.4 is 11.1 Å². The first kappa shape index (κ1) is 18.9. The average molecular weight is 409 g/mol. The first-order chi connectivity index (χ1) is 13.3. The Balaban J connectivity index is 1.65. The molecule has 148 valence electrons. The molecule has 3 N–H and O–H groups in total. The second kappa shape index (κ2) is 6.85. The lowest BCUT2D eigenvalue weighted by atomic mass is 9.87. The van der Waals surface area contributed by atoms with E-state index in [0.717, 1.165) is 11.3 Å². The molecule has 0 aromatic carbocycles.